The number of hydrogen-bond acceptors (Lipinski definition) is 6. The van der Waals surface area contributed by atoms with Crippen LogP contribution in [0.1, 0.15) is 28.5 Å². The van der Waals surface area contributed by atoms with Crippen LogP contribution in [0.4, 0.5) is 27.8 Å². The van der Waals surface area contributed by atoms with E-state index in [-0.39, 0.29) is 35.0 Å². The van der Waals surface area contributed by atoms with Crippen LogP contribution < -0.4 is 9.64 Å². The van der Waals surface area contributed by atoms with Crippen LogP contribution in [0.2, 0.25) is 0 Å². The van der Waals surface area contributed by atoms with Crippen LogP contribution in [0, 0.1) is 0 Å². The predicted molar refractivity (Wildman–Crippen MR) is 99.3 cm³/mol. The molecule has 0 atom stereocenters. The number of fused-ring (bicyclic) bond motifs is 2. The molecule has 0 unspecified atom stereocenters. The Labute approximate surface area is 177 Å². The second kappa shape index (κ2) is 7.39. The van der Waals surface area contributed by atoms with Crippen LogP contribution in [0.3, 0.4) is 0 Å². The van der Waals surface area contributed by atoms with Crippen LogP contribution in [-0.4, -0.2) is 41.1 Å². The maximum Gasteiger partial charge on any atom is 0.417 e. The lowest BCUT2D eigenvalue weighted by atomic mass is 10.1. The number of sulfone groups is 1. The Balaban J connectivity index is 1.87. The van der Waals surface area contributed by atoms with Gasteiger partial charge >= 0.3 is 12.8 Å². The zero-order valence-electron chi connectivity index (χ0n) is 16.1. The zero-order chi connectivity index (χ0) is 23.4. The number of halogens is 5. The van der Waals surface area contributed by atoms with Crippen molar-refractivity contribution in [3.8, 4) is 5.75 Å². The number of carbonyl (C=O) groups excluding carboxylic acids is 1. The van der Waals surface area contributed by atoms with Gasteiger partial charge in [0, 0.05) is 6.20 Å². The number of rotatable bonds is 5. The van der Waals surface area contributed by atoms with E-state index in [0.717, 1.165) is 21.6 Å². The van der Waals surface area contributed by atoms with Gasteiger partial charge in [-0.2, -0.15) is 22.0 Å². The van der Waals surface area contributed by atoms with Gasteiger partial charge in [-0.1, -0.05) is 6.92 Å². The molecule has 0 spiro atoms. The van der Waals surface area contributed by atoms with Gasteiger partial charge in [0.2, 0.25) is 0 Å². The van der Waals surface area contributed by atoms with Gasteiger partial charge in [-0.3, -0.25) is 19.1 Å². The van der Waals surface area contributed by atoms with Gasteiger partial charge in [0.15, 0.2) is 20.7 Å². The lowest BCUT2D eigenvalue weighted by Gasteiger charge is -2.14. The molecule has 14 heteroatoms. The molecule has 1 amide bonds. The van der Waals surface area contributed by atoms with Gasteiger partial charge in [-0.15, -0.1) is 0 Å². The Kier molecular flexibility index (Phi) is 5.07. The van der Waals surface area contributed by atoms with Gasteiger partial charge in [-0.05, 0) is 18.2 Å². The number of ether oxygens (including phenoxy) is 1. The van der Waals surface area contributed by atoms with E-state index >= 15 is 0 Å². The summed E-state index contributed by atoms with van der Waals surface area (Å²) in [6.45, 7) is -2.15. The summed E-state index contributed by atoms with van der Waals surface area (Å²) in [6.07, 6.45) is -3.16. The third-order valence-corrected chi connectivity index (χ3v) is 6.50. The van der Waals surface area contributed by atoms with Crippen LogP contribution >= 0.6 is 0 Å². The molecule has 32 heavy (non-hydrogen) atoms. The Morgan fingerprint density at radius 1 is 1.25 bits per heavy atom. The van der Waals surface area contributed by atoms with Gasteiger partial charge < -0.3 is 4.74 Å². The first-order valence-corrected chi connectivity index (χ1v) is 10.6. The van der Waals surface area contributed by atoms with E-state index in [1.807, 2.05) is 0 Å². The van der Waals surface area contributed by atoms with E-state index in [2.05, 4.69) is 14.7 Å². The number of hydrogen-bond donors (Lipinski definition) is 0. The molecule has 0 aliphatic carbocycles. The third-order valence-electron chi connectivity index (χ3n) is 4.77. The number of anilines is 1. The van der Waals surface area contributed by atoms with Crippen LogP contribution in [0.5, 0.6) is 5.75 Å². The summed E-state index contributed by atoms with van der Waals surface area (Å²) >= 11 is 0. The monoisotopic (exact) mass is 476 g/mol. The second-order valence-electron chi connectivity index (χ2n) is 6.72. The molecule has 170 valence electrons. The van der Waals surface area contributed by atoms with Crippen molar-refractivity contribution in [2.24, 2.45) is 0 Å². The summed E-state index contributed by atoms with van der Waals surface area (Å²) < 4.78 is 95.1. The molecule has 4 heterocycles. The van der Waals surface area contributed by atoms with Crippen molar-refractivity contribution >= 4 is 27.2 Å². The molecular formula is C18H13F5N4O4S. The SMILES string of the molecule is CCS(=O)(=O)c1c(N2Cc3ncc(C(F)(F)F)cc3C2=O)nc2ccc(OC(F)F)cn12. The average Bonchev–Trinajstić information content (AvgIpc) is 3.24. The standard InChI is InChI=1S/C18H13F5N4O4S/c1-2-32(29,30)16-14(25-13-4-3-10(7-26(13)16)31-17(19)20)27-8-12-11(15(27)28)5-9(6-24-12)18(21,22)23/h3-7,17H,2,8H2,1H3. The van der Waals surface area contributed by atoms with Crippen molar-refractivity contribution in [3.05, 3.63) is 47.4 Å². The Bertz CT molecular complexity index is 1340. The van der Waals surface area contributed by atoms with Crippen molar-refractivity contribution in [2.45, 2.75) is 31.3 Å². The van der Waals surface area contributed by atoms with Gasteiger partial charge in [-0.25, -0.2) is 13.4 Å². The van der Waals surface area contributed by atoms with E-state index in [1.165, 1.54) is 13.0 Å². The number of pyridine rings is 2. The minimum absolute atomic E-state index is 0.00124. The Morgan fingerprint density at radius 2 is 1.97 bits per heavy atom. The van der Waals surface area contributed by atoms with E-state index in [9.17, 15) is 35.2 Å². The minimum atomic E-state index is -4.73. The maximum atomic E-state index is 13.0. The largest absolute Gasteiger partial charge is 0.433 e. The van der Waals surface area contributed by atoms with E-state index in [0.29, 0.717) is 12.3 Å². The summed E-state index contributed by atoms with van der Waals surface area (Å²) in [4.78, 5) is 21.6. The predicted octanol–water partition coefficient (Wildman–Crippen LogP) is 3.30. The summed E-state index contributed by atoms with van der Waals surface area (Å²) in [5.41, 5.74) is -1.45. The molecule has 3 aromatic rings. The highest BCUT2D eigenvalue weighted by molar-refractivity contribution is 7.91. The van der Waals surface area contributed by atoms with Gasteiger partial charge in [0.05, 0.1) is 35.3 Å². The first-order chi connectivity index (χ1) is 14.9. The fraction of sp³-hybridized carbons (Fsp3) is 0.278. The number of imidazole rings is 1. The highest BCUT2D eigenvalue weighted by Gasteiger charge is 2.39. The van der Waals surface area contributed by atoms with E-state index < -0.39 is 44.9 Å². The van der Waals surface area contributed by atoms with Crippen molar-refractivity contribution in [2.75, 3.05) is 10.7 Å². The molecule has 0 saturated heterocycles. The highest BCUT2D eigenvalue weighted by atomic mass is 32.2. The van der Waals surface area contributed by atoms with Gasteiger partial charge in [0.25, 0.3) is 5.91 Å². The maximum absolute atomic E-state index is 13.0. The fourth-order valence-electron chi connectivity index (χ4n) is 3.26. The molecule has 8 nitrogen and oxygen atoms in total. The van der Waals surface area contributed by atoms with Crippen molar-refractivity contribution in [3.63, 3.8) is 0 Å². The number of alkyl halides is 5. The molecule has 0 saturated carbocycles. The molecule has 0 aromatic carbocycles. The normalized spacial score (nSPS) is 14.5. The summed E-state index contributed by atoms with van der Waals surface area (Å²) in [6, 6.07) is 2.99. The first kappa shape index (κ1) is 21.9. The lowest BCUT2D eigenvalue weighted by molar-refractivity contribution is -0.137. The molecule has 3 aromatic heterocycles. The molecule has 1 aliphatic heterocycles. The highest BCUT2D eigenvalue weighted by Crippen LogP contribution is 2.36. The Hall–Kier alpha value is -3.29. The van der Waals surface area contributed by atoms with Crippen LogP contribution in [0.15, 0.2) is 35.6 Å². The summed E-state index contributed by atoms with van der Waals surface area (Å²) in [5, 5.41) is -0.480. The number of amides is 1. The molecule has 0 bridgehead atoms. The van der Waals surface area contributed by atoms with Crippen molar-refractivity contribution in [1.82, 2.24) is 14.4 Å². The van der Waals surface area contributed by atoms with E-state index in [4.69, 9.17) is 0 Å². The van der Waals surface area contributed by atoms with Crippen molar-refractivity contribution in [1.29, 1.82) is 0 Å². The second-order valence-corrected chi connectivity index (χ2v) is 8.92. The van der Waals surface area contributed by atoms with E-state index in [1.54, 1.807) is 0 Å². The van der Waals surface area contributed by atoms with Gasteiger partial charge in [0.1, 0.15) is 11.4 Å². The molecule has 1 aliphatic rings. The smallest absolute Gasteiger partial charge is 0.417 e. The number of carbonyl (C=O) groups is 1. The molecule has 0 radical (unpaired) electrons. The Morgan fingerprint density at radius 3 is 2.59 bits per heavy atom. The number of nitrogens with zero attached hydrogens (tertiary/aromatic N) is 4. The topological polar surface area (TPSA) is 93.9 Å². The molecule has 0 N–H and O–H groups in total. The number of aromatic nitrogens is 3. The lowest BCUT2D eigenvalue weighted by Crippen LogP contribution is -2.26. The molecule has 0 fully saturated rings. The van der Waals surface area contributed by atoms with Crippen molar-refractivity contribution < 1.29 is 39.9 Å². The third kappa shape index (κ3) is 3.63. The van der Waals surface area contributed by atoms with Crippen LogP contribution in [-0.2, 0) is 22.6 Å². The minimum Gasteiger partial charge on any atom is -0.433 e. The summed E-state index contributed by atoms with van der Waals surface area (Å²) in [5.74, 6) is -2.04. The molecular weight excluding hydrogens is 463 g/mol. The zero-order valence-corrected chi connectivity index (χ0v) is 16.9. The van der Waals surface area contributed by atoms with Crippen LogP contribution in [0.25, 0.3) is 5.65 Å². The molecule has 4 rings (SSSR count). The summed E-state index contributed by atoms with van der Waals surface area (Å²) in [7, 11) is -4.07. The average molecular weight is 476 g/mol. The first-order valence-electron chi connectivity index (χ1n) is 9.00. The quantitative estimate of drug-likeness (QED) is 0.525. The fourth-order valence-corrected chi connectivity index (χ4v) is 4.42.